The second-order valence-electron chi connectivity index (χ2n) is 4.53. The third kappa shape index (κ3) is 2.72. The lowest BCUT2D eigenvalue weighted by molar-refractivity contribution is 0.0965. The second kappa shape index (κ2) is 5.46. The van der Waals surface area contributed by atoms with Crippen LogP contribution in [0.2, 0.25) is 5.02 Å². The lowest BCUT2D eigenvalue weighted by Crippen LogP contribution is -2.26. The van der Waals surface area contributed by atoms with E-state index in [9.17, 15) is 14.7 Å². The Morgan fingerprint density at radius 3 is 2.70 bits per heavy atom. The predicted octanol–water partition coefficient (Wildman–Crippen LogP) is 2.10. The van der Waals surface area contributed by atoms with E-state index < -0.39 is 11.3 Å². The molecule has 0 fully saturated rings. The Balaban J connectivity index is 2.30. The van der Waals surface area contributed by atoms with Crippen molar-refractivity contribution in [3.8, 4) is 5.75 Å². The number of aromatic hydroxyl groups is 1. The molecule has 0 spiro atoms. The van der Waals surface area contributed by atoms with E-state index in [1.54, 1.807) is 12.1 Å². The number of hydrogen-bond donors (Lipinski definition) is 1. The van der Waals surface area contributed by atoms with Crippen molar-refractivity contribution < 1.29 is 9.90 Å². The first-order valence-corrected chi connectivity index (χ1v) is 6.33. The van der Waals surface area contributed by atoms with Crippen molar-refractivity contribution in [3.05, 3.63) is 56.5 Å². The standard InChI is InChI=1S/C14H13ClN2O3/c1-8-3-4-10(5-9(8)2)12(19)7-17-14(20)13(15)11(18)6-16-17/h3-6,18H,7H2,1-2H3. The first kappa shape index (κ1) is 14.3. The predicted molar refractivity (Wildman–Crippen MR) is 75.4 cm³/mol. The topological polar surface area (TPSA) is 72.2 Å². The molecule has 0 aliphatic heterocycles. The Morgan fingerprint density at radius 1 is 1.35 bits per heavy atom. The summed E-state index contributed by atoms with van der Waals surface area (Å²) < 4.78 is 0.930. The maximum atomic E-state index is 12.1. The molecule has 0 saturated heterocycles. The quantitative estimate of drug-likeness (QED) is 0.879. The third-order valence-electron chi connectivity index (χ3n) is 3.09. The van der Waals surface area contributed by atoms with Crippen molar-refractivity contribution in [1.82, 2.24) is 9.78 Å². The molecule has 2 rings (SSSR count). The molecular formula is C14H13ClN2O3. The van der Waals surface area contributed by atoms with E-state index in [2.05, 4.69) is 5.10 Å². The lowest BCUT2D eigenvalue weighted by atomic mass is 10.0. The summed E-state index contributed by atoms with van der Waals surface area (Å²) in [7, 11) is 0. The number of ketones is 1. The van der Waals surface area contributed by atoms with E-state index in [1.165, 1.54) is 0 Å². The van der Waals surface area contributed by atoms with Crippen LogP contribution in [0.5, 0.6) is 5.75 Å². The van der Waals surface area contributed by atoms with E-state index in [0.29, 0.717) is 5.56 Å². The number of rotatable bonds is 3. The van der Waals surface area contributed by atoms with Crippen LogP contribution >= 0.6 is 11.6 Å². The van der Waals surface area contributed by atoms with E-state index in [-0.39, 0.29) is 17.4 Å². The van der Waals surface area contributed by atoms with E-state index in [1.807, 2.05) is 19.9 Å². The molecule has 1 aromatic carbocycles. The largest absolute Gasteiger partial charge is 0.505 e. The molecule has 1 N–H and O–H groups in total. The highest BCUT2D eigenvalue weighted by Crippen LogP contribution is 2.15. The van der Waals surface area contributed by atoms with Gasteiger partial charge in [-0.05, 0) is 31.0 Å². The molecule has 0 aliphatic carbocycles. The zero-order valence-corrected chi connectivity index (χ0v) is 11.8. The summed E-state index contributed by atoms with van der Waals surface area (Å²) in [5.74, 6) is -0.643. The summed E-state index contributed by atoms with van der Waals surface area (Å²) in [6, 6.07) is 5.32. The van der Waals surface area contributed by atoms with Gasteiger partial charge in [-0.25, -0.2) is 4.68 Å². The van der Waals surface area contributed by atoms with Gasteiger partial charge >= 0.3 is 0 Å². The molecule has 0 saturated carbocycles. The molecule has 20 heavy (non-hydrogen) atoms. The molecule has 1 heterocycles. The number of aromatic nitrogens is 2. The van der Waals surface area contributed by atoms with Crippen LogP contribution in [0.15, 0.2) is 29.2 Å². The minimum Gasteiger partial charge on any atom is -0.505 e. The number of aryl methyl sites for hydroxylation is 2. The molecule has 0 amide bonds. The molecule has 0 atom stereocenters. The molecule has 0 bridgehead atoms. The minimum absolute atomic E-state index is 0.221. The molecular weight excluding hydrogens is 280 g/mol. The van der Waals surface area contributed by atoms with Gasteiger partial charge in [-0.3, -0.25) is 9.59 Å². The van der Waals surface area contributed by atoms with Crippen molar-refractivity contribution in [2.75, 3.05) is 0 Å². The first-order valence-electron chi connectivity index (χ1n) is 5.95. The summed E-state index contributed by atoms with van der Waals surface area (Å²) in [6.07, 6.45) is 1.04. The fourth-order valence-electron chi connectivity index (χ4n) is 1.71. The van der Waals surface area contributed by atoms with Gasteiger partial charge in [-0.1, -0.05) is 23.7 Å². The van der Waals surface area contributed by atoms with Crippen LogP contribution in [0, 0.1) is 13.8 Å². The van der Waals surface area contributed by atoms with E-state index >= 15 is 0 Å². The van der Waals surface area contributed by atoms with Crippen LogP contribution in [-0.4, -0.2) is 20.7 Å². The van der Waals surface area contributed by atoms with Crippen molar-refractivity contribution in [2.24, 2.45) is 0 Å². The van der Waals surface area contributed by atoms with Gasteiger partial charge < -0.3 is 5.11 Å². The molecule has 5 nitrogen and oxygen atoms in total. The smallest absolute Gasteiger partial charge is 0.289 e. The number of carbonyl (C=O) groups excluding carboxylic acids is 1. The molecule has 6 heteroatoms. The third-order valence-corrected chi connectivity index (χ3v) is 3.44. The Labute approximate surface area is 120 Å². The Morgan fingerprint density at radius 2 is 2.05 bits per heavy atom. The van der Waals surface area contributed by atoms with Crippen molar-refractivity contribution in [1.29, 1.82) is 0 Å². The summed E-state index contributed by atoms with van der Waals surface area (Å²) in [6.45, 7) is 3.64. The number of halogens is 1. The zero-order valence-electron chi connectivity index (χ0n) is 11.1. The van der Waals surface area contributed by atoms with Crippen LogP contribution in [0.25, 0.3) is 0 Å². The van der Waals surface area contributed by atoms with Gasteiger partial charge in [-0.2, -0.15) is 5.10 Å². The Hall–Kier alpha value is -2.14. The number of benzene rings is 1. The highest BCUT2D eigenvalue weighted by atomic mass is 35.5. The summed E-state index contributed by atoms with van der Waals surface area (Å²) in [5, 5.41) is 12.6. The highest BCUT2D eigenvalue weighted by Gasteiger charge is 2.13. The fraction of sp³-hybridized carbons (Fsp3) is 0.214. The van der Waals surface area contributed by atoms with Gasteiger partial charge in [0.05, 0.1) is 6.20 Å². The van der Waals surface area contributed by atoms with E-state index in [0.717, 1.165) is 22.0 Å². The Bertz CT molecular complexity index is 738. The number of nitrogens with zero attached hydrogens (tertiary/aromatic N) is 2. The van der Waals surface area contributed by atoms with Gasteiger partial charge in [0.25, 0.3) is 5.56 Å². The van der Waals surface area contributed by atoms with Crippen molar-refractivity contribution in [3.63, 3.8) is 0 Å². The number of hydrogen-bond acceptors (Lipinski definition) is 4. The van der Waals surface area contributed by atoms with Crippen molar-refractivity contribution >= 4 is 17.4 Å². The molecule has 104 valence electrons. The zero-order chi connectivity index (χ0) is 14.9. The Kier molecular flexibility index (Phi) is 3.90. The normalized spacial score (nSPS) is 10.6. The average Bonchev–Trinajstić information content (AvgIpc) is 2.42. The molecule has 1 aromatic heterocycles. The van der Waals surface area contributed by atoms with Crippen LogP contribution in [0.1, 0.15) is 21.5 Å². The van der Waals surface area contributed by atoms with Crippen LogP contribution in [0.4, 0.5) is 0 Å². The van der Waals surface area contributed by atoms with Crippen LogP contribution < -0.4 is 5.56 Å². The van der Waals surface area contributed by atoms with Crippen LogP contribution in [-0.2, 0) is 6.54 Å². The van der Waals surface area contributed by atoms with Gasteiger partial charge in [-0.15, -0.1) is 0 Å². The van der Waals surface area contributed by atoms with Gasteiger partial charge in [0, 0.05) is 5.56 Å². The monoisotopic (exact) mass is 292 g/mol. The van der Waals surface area contributed by atoms with Crippen molar-refractivity contribution in [2.45, 2.75) is 20.4 Å². The SMILES string of the molecule is Cc1ccc(C(=O)Cn2ncc(O)c(Cl)c2=O)cc1C. The molecule has 0 radical (unpaired) electrons. The average molecular weight is 293 g/mol. The fourth-order valence-corrected chi connectivity index (χ4v) is 1.86. The number of Topliss-reactive ketones (excluding diaryl/α,β-unsaturated/α-hetero) is 1. The maximum absolute atomic E-state index is 12.1. The summed E-state index contributed by atoms with van der Waals surface area (Å²) >= 11 is 5.62. The van der Waals surface area contributed by atoms with Crippen LogP contribution in [0.3, 0.4) is 0 Å². The van der Waals surface area contributed by atoms with Gasteiger partial charge in [0.1, 0.15) is 6.54 Å². The summed E-state index contributed by atoms with van der Waals surface area (Å²) in [5.41, 5.74) is 1.90. The maximum Gasteiger partial charge on any atom is 0.289 e. The minimum atomic E-state index is -0.691. The molecule has 2 aromatic rings. The second-order valence-corrected chi connectivity index (χ2v) is 4.91. The highest BCUT2D eigenvalue weighted by molar-refractivity contribution is 6.31. The molecule has 0 aliphatic rings. The van der Waals surface area contributed by atoms with Gasteiger partial charge in [0.15, 0.2) is 16.6 Å². The van der Waals surface area contributed by atoms with Gasteiger partial charge in [0.2, 0.25) is 0 Å². The first-order chi connectivity index (χ1) is 9.40. The lowest BCUT2D eigenvalue weighted by Gasteiger charge is -2.07. The summed E-state index contributed by atoms with van der Waals surface area (Å²) in [4.78, 5) is 23.9. The number of carbonyl (C=O) groups is 1. The molecule has 0 unspecified atom stereocenters. The van der Waals surface area contributed by atoms with E-state index in [4.69, 9.17) is 11.6 Å².